The van der Waals surface area contributed by atoms with Gasteiger partial charge in [-0.15, -0.1) is 0 Å². The predicted molar refractivity (Wildman–Crippen MR) is 86.6 cm³/mol. The molecule has 2 atom stereocenters. The lowest BCUT2D eigenvalue weighted by Crippen LogP contribution is -2.71. The zero-order valence-corrected chi connectivity index (χ0v) is 13.2. The maximum atomic E-state index is 11.3. The van der Waals surface area contributed by atoms with Crippen molar-refractivity contribution in [2.75, 3.05) is 29.9 Å². The Balaban J connectivity index is 1.79. The fourth-order valence-corrected chi connectivity index (χ4v) is 3.63. The fourth-order valence-electron chi connectivity index (χ4n) is 3.63. The summed E-state index contributed by atoms with van der Waals surface area (Å²) in [5.74, 6) is 2.26. The number of allylic oxidation sites excluding steroid dienone is 1. The van der Waals surface area contributed by atoms with Gasteiger partial charge < -0.3 is 15.1 Å². The second-order valence-electron chi connectivity index (χ2n) is 6.19. The Hall–Kier alpha value is -2.11. The molecule has 3 rings (SSSR count). The monoisotopic (exact) mass is 301 g/mol. The maximum absolute atomic E-state index is 11.3. The minimum Gasteiger partial charge on any atom is -0.354 e. The average Bonchev–Trinajstić information content (AvgIpc) is 2.58. The summed E-state index contributed by atoms with van der Waals surface area (Å²) >= 11 is 0. The highest BCUT2D eigenvalue weighted by Gasteiger charge is 2.52. The van der Waals surface area contributed by atoms with Crippen molar-refractivity contribution in [3.63, 3.8) is 0 Å². The summed E-state index contributed by atoms with van der Waals surface area (Å²) in [5, 5.41) is 3.13. The van der Waals surface area contributed by atoms with Crippen LogP contribution in [0.15, 0.2) is 24.7 Å². The average molecular weight is 301 g/mol. The van der Waals surface area contributed by atoms with E-state index in [0.717, 1.165) is 50.5 Å². The van der Waals surface area contributed by atoms with Crippen LogP contribution in [-0.2, 0) is 4.79 Å². The molecule has 6 nitrogen and oxygen atoms in total. The van der Waals surface area contributed by atoms with Crippen LogP contribution in [0.5, 0.6) is 0 Å². The number of rotatable bonds is 4. The Morgan fingerprint density at radius 3 is 3.05 bits per heavy atom. The first-order valence-corrected chi connectivity index (χ1v) is 7.86. The van der Waals surface area contributed by atoms with E-state index in [2.05, 4.69) is 27.1 Å². The van der Waals surface area contributed by atoms with Gasteiger partial charge in [-0.25, -0.2) is 9.97 Å². The topological polar surface area (TPSA) is 61.4 Å². The van der Waals surface area contributed by atoms with Crippen LogP contribution >= 0.6 is 0 Å². The summed E-state index contributed by atoms with van der Waals surface area (Å²) < 4.78 is 0. The molecule has 2 aliphatic heterocycles. The van der Waals surface area contributed by atoms with E-state index < -0.39 is 0 Å². The molecule has 2 unspecified atom stereocenters. The maximum Gasteiger partial charge on any atom is 0.210 e. The molecule has 1 aromatic heterocycles. The number of carbonyl (C=O) groups excluding carboxylic acids is 1. The van der Waals surface area contributed by atoms with Crippen molar-refractivity contribution in [2.24, 2.45) is 5.92 Å². The summed E-state index contributed by atoms with van der Waals surface area (Å²) in [5.41, 5.74) is -0.0120. The molecule has 1 N–H and O–H groups in total. The first kappa shape index (κ1) is 14.8. The molecule has 1 spiro atoms. The molecule has 22 heavy (non-hydrogen) atoms. The lowest BCUT2D eigenvalue weighted by atomic mass is 9.70. The van der Waals surface area contributed by atoms with Gasteiger partial charge in [-0.05, 0) is 31.9 Å². The van der Waals surface area contributed by atoms with Crippen molar-refractivity contribution in [3.05, 3.63) is 24.7 Å². The van der Waals surface area contributed by atoms with Crippen LogP contribution in [0.25, 0.3) is 0 Å². The van der Waals surface area contributed by atoms with Crippen molar-refractivity contribution in [2.45, 2.75) is 32.2 Å². The summed E-state index contributed by atoms with van der Waals surface area (Å²) in [6.07, 6.45) is 8.53. The van der Waals surface area contributed by atoms with Crippen LogP contribution in [0.2, 0.25) is 0 Å². The van der Waals surface area contributed by atoms with E-state index in [0.29, 0.717) is 5.92 Å². The van der Waals surface area contributed by atoms with Gasteiger partial charge >= 0.3 is 0 Å². The van der Waals surface area contributed by atoms with Gasteiger partial charge in [0.15, 0.2) is 0 Å². The first-order chi connectivity index (χ1) is 10.7. The fraction of sp³-hybridized carbons (Fsp3) is 0.562. The lowest BCUT2D eigenvalue weighted by molar-refractivity contribution is -0.143. The molecule has 6 heteroatoms. The number of carbonyl (C=O) groups is 1. The Bertz CT molecular complexity index is 575. The number of likely N-dealkylation sites (tertiary alicyclic amines) is 1. The van der Waals surface area contributed by atoms with Gasteiger partial charge in [0.05, 0.1) is 5.54 Å². The lowest BCUT2D eigenvalue weighted by Gasteiger charge is -2.60. The first-order valence-electron chi connectivity index (χ1n) is 7.86. The molecule has 0 bridgehead atoms. The molecule has 0 saturated carbocycles. The number of anilines is 2. The number of hydrogen-bond acceptors (Lipinski definition) is 5. The summed E-state index contributed by atoms with van der Waals surface area (Å²) in [4.78, 5) is 24.2. The van der Waals surface area contributed by atoms with Crippen molar-refractivity contribution < 1.29 is 4.79 Å². The molecule has 1 amide bonds. The smallest absolute Gasteiger partial charge is 0.210 e. The molecule has 2 fully saturated rings. The zero-order valence-electron chi connectivity index (χ0n) is 13.2. The SMILES string of the molecule is C/C=C\Nc1cc(N2CCCC3(C2)C(C)CN3C=O)ncn1. The van der Waals surface area contributed by atoms with Gasteiger partial charge in [0.2, 0.25) is 6.41 Å². The van der Waals surface area contributed by atoms with Crippen LogP contribution in [0.4, 0.5) is 11.6 Å². The molecule has 0 radical (unpaired) electrons. The van der Waals surface area contributed by atoms with Crippen molar-refractivity contribution in [1.82, 2.24) is 14.9 Å². The van der Waals surface area contributed by atoms with Crippen LogP contribution in [0, 0.1) is 5.92 Å². The van der Waals surface area contributed by atoms with Crippen LogP contribution in [-0.4, -0.2) is 46.5 Å². The van der Waals surface area contributed by atoms with Crippen LogP contribution in [0.3, 0.4) is 0 Å². The third-order valence-electron chi connectivity index (χ3n) is 4.96. The second kappa shape index (κ2) is 5.94. The third kappa shape index (κ3) is 2.42. The van der Waals surface area contributed by atoms with E-state index in [1.54, 1.807) is 6.33 Å². The number of nitrogens with zero attached hydrogens (tertiary/aromatic N) is 4. The minimum atomic E-state index is -0.0120. The Morgan fingerprint density at radius 1 is 1.45 bits per heavy atom. The van der Waals surface area contributed by atoms with E-state index in [1.165, 1.54) is 0 Å². The highest BCUT2D eigenvalue weighted by Crippen LogP contribution is 2.42. The molecule has 2 aliphatic rings. The van der Waals surface area contributed by atoms with E-state index in [9.17, 15) is 4.79 Å². The number of amides is 1. The summed E-state index contributed by atoms with van der Waals surface area (Å²) in [7, 11) is 0. The quantitative estimate of drug-likeness (QED) is 0.860. The van der Waals surface area contributed by atoms with E-state index in [-0.39, 0.29) is 5.54 Å². The molecule has 0 aromatic carbocycles. The number of hydrogen-bond donors (Lipinski definition) is 1. The highest BCUT2D eigenvalue weighted by molar-refractivity contribution is 5.55. The Morgan fingerprint density at radius 2 is 2.32 bits per heavy atom. The minimum absolute atomic E-state index is 0.0120. The van der Waals surface area contributed by atoms with Crippen LogP contribution < -0.4 is 10.2 Å². The molecule has 1 aromatic rings. The van der Waals surface area contributed by atoms with Gasteiger partial charge in [-0.3, -0.25) is 4.79 Å². The van der Waals surface area contributed by atoms with Crippen molar-refractivity contribution in [3.8, 4) is 0 Å². The van der Waals surface area contributed by atoms with Gasteiger partial charge in [-0.2, -0.15) is 0 Å². The molecule has 118 valence electrons. The molecular weight excluding hydrogens is 278 g/mol. The van der Waals surface area contributed by atoms with Crippen LogP contribution in [0.1, 0.15) is 26.7 Å². The zero-order chi connectivity index (χ0) is 15.6. The summed E-state index contributed by atoms with van der Waals surface area (Å²) in [6, 6.07) is 1.97. The van der Waals surface area contributed by atoms with E-state index in [4.69, 9.17) is 0 Å². The molecule has 0 aliphatic carbocycles. The van der Waals surface area contributed by atoms with E-state index in [1.807, 2.05) is 30.2 Å². The number of aromatic nitrogens is 2. The van der Waals surface area contributed by atoms with Crippen molar-refractivity contribution in [1.29, 1.82) is 0 Å². The van der Waals surface area contributed by atoms with Gasteiger partial charge in [0, 0.05) is 25.7 Å². The molecule has 2 saturated heterocycles. The van der Waals surface area contributed by atoms with Gasteiger partial charge in [-0.1, -0.05) is 13.0 Å². The molecular formula is C16H23N5O. The predicted octanol–water partition coefficient (Wildman–Crippen LogP) is 1.87. The largest absolute Gasteiger partial charge is 0.354 e. The van der Waals surface area contributed by atoms with E-state index >= 15 is 0 Å². The number of nitrogens with one attached hydrogen (secondary N) is 1. The van der Waals surface area contributed by atoms with Gasteiger partial charge in [0.1, 0.15) is 18.0 Å². The summed E-state index contributed by atoms with van der Waals surface area (Å²) in [6.45, 7) is 6.89. The normalized spacial score (nSPS) is 28.0. The standard InChI is InChI=1S/C16H23N5O/c1-3-6-17-14-8-15(19-11-18-14)20-7-4-5-16(10-20)13(2)9-21(16)12-22/h3,6,8,11-13H,4-5,7,9-10H2,1-2H3,(H,17,18,19)/b6-3-. The third-order valence-corrected chi connectivity index (χ3v) is 4.96. The van der Waals surface area contributed by atoms with Crippen molar-refractivity contribution >= 4 is 18.0 Å². The molecule has 3 heterocycles. The second-order valence-corrected chi connectivity index (χ2v) is 6.19. The Kier molecular flexibility index (Phi) is 4.00. The van der Waals surface area contributed by atoms with Gasteiger partial charge in [0.25, 0.3) is 0 Å². The highest BCUT2D eigenvalue weighted by atomic mass is 16.1. The number of piperidine rings is 1. The Labute approximate surface area is 131 Å².